The second-order valence-corrected chi connectivity index (χ2v) is 6.35. The highest BCUT2D eigenvalue weighted by Gasteiger charge is 2.17. The zero-order valence-corrected chi connectivity index (χ0v) is 14.3. The van der Waals surface area contributed by atoms with Crippen molar-refractivity contribution in [1.29, 1.82) is 0 Å². The summed E-state index contributed by atoms with van der Waals surface area (Å²) < 4.78 is 2.04. The molecular weight excluding hydrogens is 332 g/mol. The van der Waals surface area contributed by atoms with Crippen molar-refractivity contribution in [2.24, 2.45) is 0 Å². The molecule has 1 aromatic heterocycles. The molecule has 1 atom stereocenters. The first-order chi connectivity index (χ1) is 12.2. The molecule has 0 bridgehead atoms. The maximum absolute atomic E-state index is 10.7. The normalized spacial score (nSPS) is 12.4. The third-order valence-corrected chi connectivity index (χ3v) is 4.64. The SMILES string of the molecule is O[C@@H](Cn1c(-c2ccccc2Cl)nc2ccccc21)c1ccccc1. The highest BCUT2D eigenvalue weighted by molar-refractivity contribution is 6.33. The summed E-state index contributed by atoms with van der Waals surface area (Å²) in [5.41, 5.74) is 3.61. The molecule has 0 aliphatic rings. The van der Waals surface area contributed by atoms with Crippen molar-refractivity contribution in [1.82, 2.24) is 9.55 Å². The van der Waals surface area contributed by atoms with Crippen molar-refractivity contribution in [3.8, 4) is 11.4 Å². The van der Waals surface area contributed by atoms with E-state index in [0.717, 1.165) is 28.0 Å². The van der Waals surface area contributed by atoms with Crippen molar-refractivity contribution in [3.05, 3.63) is 89.4 Å². The Kier molecular flexibility index (Phi) is 4.26. The van der Waals surface area contributed by atoms with E-state index in [1.807, 2.05) is 83.4 Å². The molecule has 0 saturated carbocycles. The minimum atomic E-state index is -0.625. The standard InChI is InChI=1S/C21H17ClN2O/c22-17-11-5-4-10-16(17)21-23-18-12-6-7-13-19(18)24(21)14-20(25)15-8-2-1-3-9-15/h1-13,20,25H,14H2/t20-/m0/s1. The molecule has 0 amide bonds. The number of aliphatic hydroxyl groups excluding tert-OH is 1. The Labute approximate surface area is 151 Å². The van der Waals surface area contributed by atoms with Gasteiger partial charge in [-0.1, -0.05) is 66.2 Å². The van der Waals surface area contributed by atoms with Gasteiger partial charge in [0, 0.05) is 5.56 Å². The fourth-order valence-electron chi connectivity index (χ4n) is 3.06. The summed E-state index contributed by atoms with van der Waals surface area (Å²) in [6.07, 6.45) is -0.625. The average molecular weight is 349 g/mol. The number of hydrogen-bond donors (Lipinski definition) is 1. The number of halogens is 1. The first-order valence-electron chi connectivity index (χ1n) is 8.17. The lowest BCUT2D eigenvalue weighted by Gasteiger charge is -2.15. The van der Waals surface area contributed by atoms with E-state index in [-0.39, 0.29) is 0 Å². The molecule has 25 heavy (non-hydrogen) atoms. The molecule has 0 unspecified atom stereocenters. The van der Waals surface area contributed by atoms with Gasteiger partial charge in [-0.2, -0.15) is 0 Å². The minimum Gasteiger partial charge on any atom is -0.387 e. The monoisotopic (exact) mass is 348 g/mol. The molecule has 1 N–H and O–H groups in total. The molecule has 0 radical (unpaired) electrons. The third kappa shape index (κ3) is 3.04. The molecule has 4 heteroatoms. The highest BCUT2D eigenvalue weighted by Crippen LogP contribution is 2.31. The first-order valence-corrected chi connectivity index (χ1v) is 8.55. The van der Waals surface area contributed by atoms with Gasteiger partial charge in [0.25, 0.3) is 0 Å². The summed E-state index contributed by atoms with van der Waals surface area (Å²) in [6, 6.07) is 25.2. The van der Waals surface area contributed by atoms with Crippen LogP contribution in [0.3, 0.4) is 0 Å². The van der Waals surface area contributed by atoms with Crippen LogP contribution in [0.5, 0.6) is 0 Å². The second-order valence-electron chi connectivity index (χ2n) is 5.94. The molecule has 0 aliphatic heterocycles. The van der Waals surface area contributed by atoms with Crippen LogP contribution in [0.25, 0.3) is 22.4 Å². The predicted molar refractivity (Wildman–Crippen MR) is 102 cm³/mol. The number of aromatic nitrogens is 2. The van der Waals surface area contributed by atoms with E-state index < -0.39 is 6.10 Å². The van der Waals surface area contributed by atoms with E-state index >= 15 is 0 Å². The molecule has 3 aromatic carbocycles. The van der Waals surface area contributed by atoms with Gasteiger partial charge >= 0.3 is 0 Å². The van der Waals surface area contributed by atoms with Gasteiger partial charge in [0.05, 0.1) is 28.7 Å². The molecule has 0 fully saturated rings. The zero-order chi connectivity index (χ0) is 17.2. The van der Waals surface area contributed by atoms with Crippen LogP contribution in [0.1, 0.15) is 11.7 Å². The fourth-order valence-corrected chi connectivity index (χ4v) is 3.28. The minimum absolute atomic E-state index is 0.408. The summed E-state index contributed by atoms with van der Waals surface area (Å²) in [6.45, 7) is 0.408. The van der Waals surface area contributed by atoms with Crippen LogP contribution in [0.15, 0.2) is 78.9 Å². The van der Waals surface area contributed by atoms with Gasteiger partial charge in [0.15, 0.2) is 0 Å². The highest BCUT2D eigenvalue weighted by atomic mass is 35.5. The van der Waals surface area contributed by atoms with E-state index in [1.165, 1.54) is 0 Å². The largest absolute Gasteiger partial charge is 0.387 e. The maximum atomic E-state index is 10.7. The van der Waals surface area contributed by atoms with E-state index in [1.54, 1.807) is 0 Å². The van der Waals surface area contributed by atoms with Crippen molar-refractivity contribution in [2.75, 3.05) is 0 Å². The number of nitrogens with zero attached hydrogens (tertiary/aromatic N) is 2. The molecule has 1 heterocycles. The fraction of sp³-hybridized carbons (Fsp3) is 0.0952. The van der Waals surface area contributed by atoms with Gasteiger partial charge in [-0.15, -0.1) is 0 Å². The Balaban J connectivity index is 1.84. The smallest absolute Gasteiger partial charge is 0.142 e. The third-order valence-electron chi connectivity index (χ3n) is 4.31. The molecule has 4 aromatic rings. The zero-order valence-electron chi connectivity index (χ0n) is 13.5. The molecule has 3 nitrogen and oxygen atoms in total. The Morgan fingerprint density at radius 2 is 1.56 bits per heavy atom. The first kappa shape index (κ1) is 15.9. The van der Waals surface area contributed by atoms with Gasteiger partial charge in [0.1, 0.15) is 5.82 Å². The Bertz CT molecular complexity index is 1010. The van der Waals surface area contributed by atoms with E-state index in [9.17, 15) is 5.11 Å². The lowest BCUT2D eigenvalue weighted by Crippen LogP contribution is -2.10. The van der Waals surface area contributed by atoms with Crippen molar-refractivity contribution in [2.45, 2.75) is 12.6 Å². The molecular formula is C21H17ClN2O. The topological polar surface area (TPSA) is 38.0 Å². The lowest BCUT2D eigenvalue weighted by molar-refractivity contribution is 0.158. The average Bonchev–Trinajstić information content (AvgIpc) is 3.01. The Morgan fingerprint density at radius 1 is 0.880 bits per heavy atom. The predicted octanol–water partition coefficient (Wildman–Crippen LogP) is 5.09. The van der Waals surface area contributed by atoms with Gasteiger partial charge in [-0.05, 0) is 29.8 Å². The van der Waals surface area contributed by atoms with Gasteiger partial charge in [0.2, 0.25) is 0 Å². The van der Waals surface area contributed by atoms with E-state index in [0.29, 0.717) is 11.6 Å². The number of benzene rings is 3. The number of rotatable bonds is 4. The quantitative estimate of drug-likeness (QED) is 0.557. The van der Waals surface area contributed by atoms with Crippen molar-refractivity contribution < 1.29 is 5.11 Å². The summed E-state index contributed by atoms with van der Waals surface area (Å²) in [5.74, 6) is 0.766. The van der Waals surface area contributed by atoms with Crippen LogP contribution in [0.4, 0.5) is 0 Å². The van der Waals surface area contributed by atoms with Crippen LogP contribution in [-0.2, 0) is 6.54 Å². The summed E-state index contributed by atoms with van der Waals surface area (Å²) in [4.78, 5) is 4.76. The summed E-state index contributed by atoms with van der Waals surface area (Å²) in [7, 11) is 0. The Hall–Kier alpha value is -2.62. The van der Waals surface area contributed by atoms with E-state index in [4.69, 9.17) is 16.6 Å². The maximum Gasteiger partial charge on any atom is 0.142 e. The Morgan fingerprint density at radius 3 is 2.36 bits per heavy atom. The molecule has 0 aliphatic carbocycles. The lowest BCUT2D eigenvalue weighted by atomic mass is 10.1. The van der Waals surface area contributed by atoms with Crippen molar-refractivity contribution >= 4 is 22.6 Å². The number of aliphatic hydroxyl groups is 1. The second kappa shape index (κ2) is 6.71. The van der Waals surface area contributed by atoms with Crippen LogP contribution in [0.2, 0.25) is 5.02 Å². The molecule has 4 rings (SSSR count). The number of fused-ring (bicyclic) bond motifs is 1. The number of imidazole rings is 1. The molecule has 0 saturated heterocycles. The number of hydrogen-bond acceptors (Lipinski definition) is 2. The summed E-state index contributed by atoms with van der Waals surface area (Å²) >= 11 is 6.40. The van der Waals surface area contributed by atoms with E-state index in [2.05, 4.69) is 0 Å². The van der Waals surface area contributed by atoms with Crippen LogP contribution < -0.4 is 0 Å². The van der Waals surface area contributed by atoms with Crippen LogP contribution in [0, 0.1) is 0 Å². The van der Waals surface area contributed by atoms with Crippen LogP contribution in [-0.4, -0.2) is 14.7 Å². The summed E-state index contributed by atoms with van der Waals surface area (Å²) in [5, 5.41) is 11.4. The number of para-hydroxylation sites is 2. The van der Waals surface area contributed by atoms with Crippen LogP contribution >= 0.6 is 11.6 Å². The van der Waals surface area contributed by atoms with Crippen molar-refractivity contribution in [3.63, 3.8) is 0 Å². The van der Waals surface area contributed by atoms with Gasteiger partial charge in [-0.25, -0.2) is 4.98 Å². The molecule has 124 valence electrons. The van der Waals surface area contributed by atoms with Gasteiger partial charge in [-0.3, -0.25) is 0 Å². The van der Waals surface area contributed by atoms with Gasteiger partial charge < -0.3 is 9.67 Å². The molecule has 0 spiro atoms.